The van der Waals surface area contributed by atoms with Crippen LogP contribution in [0.25, 0.3) is 0 Å². The molecular weight excluding hydrogens is 372 g/mol. The van der Waals surface area contributed by atoms with Crippen molar-refractivity contribution in [2.75, 3.05) is 6.61 Å². The average molecular weight is 400 g/mol. The Morgan fingerprint density at radius 1 is 0.828 bits per heavy atom. The van der Waals surface area contributed by atoms with Gasteiger partial charge >= 0.3 is 0 Å². The molecule has 5 atom stereocenters. The van der Waals surface area contributed by atoms with Gasteiger partial charge in [-0.1, -0.05) is 42.5 Å². The number of hydrogen-bond donors (Lipinski definition) is 5. The number of ether oxygens (including phenoxy) is 1. The highest BCUT2D eigenvalue weighted by Crippen LogP contribution is 2.43. The smallest absolute Gasteiger partial charge is 0.113 e. The monoisotopic (exact) mass is 400 g/mol. The van der Waals surface area contributed by atoms with Gasteiger partial charge in [-0.25, -0.2) is 0 Å². The highest BCUT2D eigenvalue weighted by Gasteiger charge is 2.44. The summed E-state index contributed by atoms with van der Waals surface area (Å²) in [5.74, 6) is 0.547. The molecule has 2 fully saturated rings. The summed E-state index contributed by atoms with van der Waals surface area (Å²) in [7, 11) is 0. The maximum Gasteiger partial charge on any atom is 0.113 e. The zero-order chi connectivity index (χ0) is 20.5. The topological polar surface area (TPSA) is 110 Å². The van der Waals surface area contributed by atoms with Crippen molar-refractivity contribution in [1.29, 1.82) is 0 Å². The molecule has 0 spiro atoms. The average Bonchev–Trinajstić information content (AvgIpc) is 3.58. The van der Waals surface area contributed by atoms with Gasteiger partial charge in [0, 0.05) is 0 Å². The molecule has 29 heavy (non-hydrogen) atoms. The summed E-state index contributed by atoms with van der Waals surface area (Å²) < 4.78 is 5.73. The van der Waals surface area contributed by atoms with Crippen LogP contribution >= 0.6 is 0 Å². The maximum atomic E-state index is 10.5. The Bertz CT molecular complexity index is 830. The molecular formula is C23H28O6. The number of benzene rings is 2. The molecule has 6 nitrogen and oxygen atoms in total. The van der Waals surface area contributed by atoms with E-state index in [1.807, 2.05) is 36.4 Å². The Kier molecular flexibility index (Phi) is 6.01. The molecule has 0 bridgehead atoms. The molecule has 2 aliphatic rings. The van der Waals surface area contributed by atoms with Crippen molar-refractivity contribution in [2.45, 2.75) is 62.3 Å². The van der Waals surface area contributed by atoms with Gasteiger partial charge in [0.25, 0.3) is 0 Å². The van der Waals surface area contributed by atoms with E-state index in [1.54, 1.807) is 0 Å². The second-order valence-electron chi connectivity index (χ2n) is 8.13. The summed E-state index contributed by atoms with van der Waals surface area (Å²) in [5.41, 5.74) is 5.12. The van der Waals surface area contributed by atoms with E-state index in [4.69, 9.17) is 4.74 Å². The van der Waals surface area contributed by atoms with Crippen LogP contribution < -0.4 is 0 Å². The van der Waals surface area contributed by atoms with Crippen molar-refractivity contribution >= 4 is 0 Å². The Labute approximate surface area is 170 Å². The van der Waals surface area contributed by atoms with E-state index < -0.39 is 37.1 Å². The third-order valence-corrected chi connectivity index (χ3v) is 6.01. The second-order valence-corrected chi connectivity index (χ2v) is 8.13. The first-order valence-electron chi connectivity index (χ1n) is 10.1. The van der Waals surface area contributed by atoms with E-state index in [1.165, 1.54) is 5.56 Å². The van der Waals surface area contributed by atoms with Crippen LogP contribution in [0.1, 0.15) is 52.7 Å². The molecule has 1 heterocycles. The van der Waals surface area contributed by atoms with Gasteiger partial charge in [0.05, 0.1) is 13.2 Å². The normalized spacial score (nSPS) is 29.8. The highest BCUT2D eigenvalue weighted by molar-refractivity contribution is 5.41. The van der Waals surface area contributed by atoms with Gasteiger partial charge < -0.3 is 30.3 Å². The van der Waals surface area contributed by atoms with E-state index in [0.717, 1.165) is 29.5 Å². The van der Waals surface area contributed by atoms with Crippen LogP contribution in [0.5, 0.6) is 0 Å². The minimum Gasteiger partial charge on any atom is -0.394 e. The van der Waals surface area contributed by atoms with E-state index in [2.05, 4.69) is 6.07 Å². The summed E-state index contributed by atoms with van der Waals surface area (Å²) in [6, 6.07) is 13.8. The largest absolute Gasteiger partial charge is 0.394 e. The summed E-state index contributed by atoms with van der Waals surface area (Å²) in [6.07, 6.45) is -2.74. The first kappa shape index (κ1) is 20.5. The first-order valence-corrected chi connectivity index (χ1v) is 10.1. The van der Waals surface area contributed by atoms with Gasteiger partial charge in [0.15, 0.2) is 0 Å². The molecule has 0 amide bonds. The van der Waals surface area contributed by atoms with Gasteiger partial charge in [-0.15, -0.1) is 0 Å². The predicted molar refractivity (Wildman–Crippen MR) is 106 cm³/mol. The van der Waals surface area contributed by atoms with Crippen LogP contribution in [0.15, 0.2) is 42.5 Å². The zero-order valence-electron chi connectivity index (χ0n) is 16.2. The van der Waals surface area contributed by atoms with Crippen LogP contribution in [-0.4, -0.2) is 56.6 Å². The third kappa shape index (κ3) is 4.23. The molecule has 6 heteroatoms. The zero-order valence-corrected chi connectivity index (χ0v) is 16.2. The van der Waals surface area contributed by atoms with Gasteiger partial charge in [0.2, 0.25) is 0 Å². The summed E-state index contributed by atoms with van der Waals surface area (Å²) in [6.45, 7) is -0.425. The molecule has 1 saturated heterocycles. The maximum absolute atomic E-state index is 10.5. The van der Waals surface area contributed by atoms with Crippen molar-refractivity contribution in [3.63, 3.8) is 0 Å². The number of hydrogen-bond acceptors (Lipinski definition) is 6. The standard InChI is InChI=1S/C23H28O6/c24-11-14-3-1-13(2-4-14)9-17-10-16(7-8-18(17)15-5-6-15)23-22(28)21(27)20(26)19(12-25)29-23/h1-4,7-8,10,15,19-28H,5-6,9,11-12H2/t19-,20-,21?,22-,23+/m1/s1. The van der Waals surface area contributed by atoms with E-state index in [-0.39, 0.29) is 6.61 Å². The van der Waals surface area contributed by atoms with Gasteiger partial charge in [-0.2, -0.15) is 0 Å². The fraction of sp³-hybridized carbons (Fsp3) is 0.478. The summed E-state index contributed by atoms with van der Waals surface area (Å²) >= 11 is 0. The van der Waals surface area contributed by atoms with Crippen LogP contribution in [0, 0.1) is 0 Å². The van der Waals surface area contributed by atoms with Crippen LogP contribution in [0.3, 0.4) is 0 Å². The molecule has 156 valence electrons. The van der Waals surface area contributed by atoms with Gasteiger partial charge in [-0.3, -0.25) is 0 Å². The van der Waals surface area contributed by atoms with Crippen LogP contribution in [0.2, 0.25) is 0 Å². The van der Waals surface area contributed by atoms with E-state index in [0.29, 0.717) is 17.9 Å². The summed E-state index contributed by atoms with van der Waals surface area (Å²) in [5, 5.41) is 49.3. The second kappa shape index (κ2) is 8.52. The summed E-state index contributed by atoms with van der Waals surface area (Å²) in [4.78, 5) is 0. The Morgan fingerprint density at radius 3 is 2.14 bits per heavy atom. The lowest BCUT2D eigenvalue weighted by atomic mass is 9.88. The SMILES string of the molecule is OCc1ccc(Cc2cc([C@@H]3O[C@H](CO)[C@@H](O)C(O)[C@H]3O)ccc2C2CC2)cc1. The van der Waals surface area contributed by atoms with Crippen molar-refractivity contribution in [2.24, 2.45) is 0 Å². The first-order chi connectivity index (χ1) is 14.0. The predicted octanol–water partition coefficient (Wildman–Crippen LogP) is 1.16. The molecule has 1 aliphatic heterocycles. The highest BCUT2D eigenvalue weighted by atomic mass is 16.5. The minimum absolute atomic E-state index is 0.0141. The molecule has 1 aliphatic carbocycles. The quantitative estimate of drug-likeness (QED) is 0.498. The van der Waals surface area contributed by atoms with Crippen LogP contribution in [-0.2, 0) is 17.8 Å². The molecule has 1 unspecified atom stereocenters. The number of aliphatic hydroxyl groups excluding tert-OH is 5. The number of aliphatic hydroxyl groups is 5. The molecule has 2 aromatic carbocycles. The molecule has 0 aromatic heterocycles. The van der Waals surface area contributed by atoms with Crippen LogP contribution in [0.4, 0.5) is 0 Å². The Balaban J connectivity index is 1.63. The van der Waals surface area contributed by atoms with Crippen molar-refractivity contribution < 1.29 is 30.3 Å². The van der Waals surface area contributed by atoms with E-state index in [9.17, 15) is 25.5 Å². The molecule has 4 rings (SSSR count). The van der Waals surface area contributed by atoms with Crippen molar-refractivity contribution in [3.05, 3.63) is 70.3 Å². The lowest BCUT2D eigenvalue weighted by Crippen LogP contribution is -2.55. The molecule has 5 N–H and O–H groups in total. The minimum atomic E-state index is -1.39. The Morgan fingerprint density at radius 2 is 1.52 bits per heavy atom. The number of rotatable bonds is 6. The van der Waals surface area contributed by atoms with E-state index >= 15 is 0 Å². The fourth-order valence-electron chi connectivity index (χ4n) is 4.11. The Hall–Kier alpha value is -1.80. The van der Waals surface area contributed by atoms with Crippen molar-refractivity contribution in [1.82, 2.24) is 0 Å². The fourth-order valence-corrected chi connectivity index (χ4v) is 4.11. The van der Waals surface area contributed by atoms with Crippen molar-refractivity contribution in [3.8, 4) is 0 Å². The molecule has 2 aromatic rings. The van der Waals surface area contributed by atoms with Gasteiger partial charge in [-0.05, 0) is 53.0 Å². The lowest BCUT2D eigenvalue weighted by Gasteiger charge is -2.40. The molecule has 0 radical (unpaired) electrons. The lowest BCUT2D eigenvalue weighted by molar-refractivity contribution is -0.231. The third-order valence-electron chi connectivity index (χ3n) is 6.01. The molecule has 1 saturated carbocycles. The van der Waals surface area contributed by atoms with Gasteiger partial charge in [0.1, 0.15) is 30.5 Å².